The van der Waals surface area contributed by atoms with Gasteiger partial charge in [0.25, 0.3) is 0 Å². The Bertz CT molecular complexity index is 1340. The molecule has 0 atom stereocenters. The van der Waals surface area contributed by atoms with Crippen molar-refractivity contribution in [3.8, 4) is 0 Å². The molecule has 0 aliphatic rings. The molecule has 0 radical (unpaired) electrons. The van der Waals surface area contributed by atoms with Gasteiger partial charge in [0.2, 0.25) is 9.84 Å². The van der Waals surface area contributed by atoms with Crippen molar-refractivity contribution in [1.29, 1.82) is 0 Å². The number of rotatable bonds is 4. The second kappa shape index (κ2) is 7.67. The van der Waals surface area contributed by atoms with Crippen LogP contribution in [-0.4, -0.2) is 13.4 Å². The van der Waals surface area contributed by atoms with Crippen LogP contribution in [0.1, 0.15) is 26.3 Å². The minimum absolute atomic E-state index is 0.0463. The number of benzene rings is 2. The fourth-order valence-corrected chi connectivity index (χ4v) is 4.77. The number of sulfone groups is 1. The highest BCUT2D eigenvalue weighted by Gasteiger charge is 2.23. The van der Waals surface area contributed by atoms with Gasteiger partial charge < -0.3 is 10.5 Å². The maximum Gasteiger partial charge on any atom is 0.209 e. The zero-order valence-electron chi connectivity index (χ0n) is 17.5. The number of pyridine rings is 2. The van der Waals surface area contributed by atoms with Gasteiger partial charge in [-0.2, -0.15) is 4.73 Å². The average molecular weight is 434 g/mol. The topological polar surface area (TPSA) is 86.0 Å². The highest BCUT2D eigenvalue weighted by molar-refractivity contribution is 7.91. The summed E-state index contributed by atoms with van der Waals surface area (Å²) in [5.41, 5.74) is 2.14. The van der Waals surface area contributed by atoms with Crippen LogP contribution in [0.4, 0.5) is 11.5 Å². The van der Waals surface area contributed by atoms with Crippen molar-refractivity contribution in [3.05, 3.63) is 90.0 Å². The molecular weight excluding hydrogens is 410 g/mol. The van der Waals surface area contributed by atoms with Crippen molar-refractivity contribution in [3.63, 3.8) is 0 Å². The minimum atomic E-state index is -3.84. The third-order valence-electron chi connectivity index (χ3n) is 5.14. The summed E-state index contributed by atoms with van der Waals surface area (Å²) in [5, 5.41) is 15.8. The fourth-order valence-electron chi connectivity index (χ4n) is 3.38. The van der Waals surface area contributed by atoms with Crippen LogP contribution in [0.2, 0.25) is 0 Å². The Labute approximate surface area is 181 Å². The molecule has 4 aromatic rings. The van der Waals surface area contributed by atoms with E-state index in [2.05, 4.69) is 43.2 Å². The van der Waals surface area contributed by atoms with E-state index >= 15 is 0 Å². The highest BCUT2D eigenvalue weighted by Crippen LogP contribution is 2.32. The summed E-state index contributed by atoms with van der Waals surface area (Å²) in [5.74, 6) is 0.573. The third-order valence-corrected chi connectivity index (χ3v) is 6.94. The minimum Gasteiger partial charge on any atom is -0.619 e. The van der Waals surface area contributed by atoms with Crippen LogP contribution >= 0.6 is 0 Å². The summed E-state index contributed by atoms with van der Waals surface area (Å²) in [7, 11) is -3.84. The van der Waals surface area contributed by atoms with E-state index < -0.39 is 9.84 Å². The van der Waals surface area contributed by atoms with Crippen LogP contribution in [0.25, 0.3) is 10.8 Å². The number of nitrogens with zero attached hydrogens (tertiary/aromatic N) is 2. The van der Waals surface area contributed by atoms with Gasteiger partial charge in [0.05, 0.1) is 9.79 Å². The van der Waals surface area contributed by atoms with Gasteiger partial charge in [0, 0.05) is 34.8 Å². The lowest BCUT2D eigenvalue weighted by atomic mass is 9.87. The van der Waals surface area contributed by atoms with E-state index in [-0.39, 0.29) is 15.2 Å². The molecule has 0 bridgehead atoms. The molecule has 0 aliphatic carbocycles. The number of nitrogens with one attached hydrogen (secondary N) is 1. The molecule has 1 N–H and O–H groups in total. The standard InChI is InChI=1S/C24H23N3O3S/c1-24(2,3)17-8-10-18(11-9-17)26-23-21-7-5-4-6-20(21)22(16-25-23)31(29,30)19-12-14-27(28)15-13-19/h4-16H,1-3H3,(H,25,26). The van der Waals surface area contributed by atoms with E-state index in [1.54, 1.807) is 12.1 Å². The molecule has 0 spiro atoms. The molecule has 4 rings (SSSR count). The Balaban J connectivity index is 1.76. The fraction of sp³-hybridized carbons (Fsp3) is 0.167. The molecule has 2 aromatic carbocycles. The van der Waals surface area contributed by atoms with Crippen LogP contribution < -0.4 is 10.0 Å². The van der Waals surface area contributed by atoms with Crippen LogP contribution in [-0.2, 0) is 15.3 Å². The van der Waals surface area contributed by atoms with Gasteiger partial charge >= 0.3 is 0 Å². The summed E-state index contributed by atoms with van der Waals surface area (Å²) < 4.78 is 26.9. The van der Waals surface area contributed by atoms with E-state index in [1.165, 1.54) is 36.3 Å². The van der Waals surface area contributed by atoms with Crippen molar-refractivity contribution < 1.29 is 13.1 Å². The van der Waals surface area contributed by atoms with Gasteiger partial charge in [-0.25, -0.2) is 13.4 Å². The molecule has 0 unspecified atom stereocenters. The highest BCUT2D eigenvalue weighted by atomic mass is 32.2. The summed E-state index contributed by atoms with van der Waals surface area (Å²) in [6.07, 6.45) is 3.70. The first-order valence-electron chi connectivity index (χ1n) is 9.85. The predicted molar refractivity (Wildman–Crippen MR) is 121 cm³/mol. The van der Waals surface area contributed by atoms with Crippen molar-refractivity contribution in [2.24, 2.45) is 0 Å². The first kappa shape index (κ1) is 20.8. The van der Waals surface area contributed by atoms with Gasteiger partial charge in [-0.15, -0.1) is 0 Å². The van der Waals surface area contributed by atoms with Gasteiger partial charge in [0.1, 0.15) is 5.82 Å². The van der Waals surface area contributed by atoms with E-state index in [1.807, 2.05) is 24.3 Å². The van der Waals surface area contributed by atoms with E-state index in [9.17, 15) is 13.6 Å². The third kappa shape index (κ3) is 4.09. The molecule has 31 heavy (non-hydrogen) atoms. The predicted octanol–water partition coefficient (Wildman–Crippen LogP) is 4.74. The maximum atomic E-state index is 13.2. The van der Waals surface area contributed by atoms with E-state index in [4.69, 9.17) is 0 Å². The molecule has 0 aliphatic heterocycles. The van der Waals surface area contributed by atoms with Crippen molar-refractivity contribution in [2.45, 2.75) is 36.0 Å². The Hall–Kier alpha value is -3.45. The van der Waals surface area contributed by atoms with Gasteiger partial charge in [-0.1, -0.05) is 57.2 Å². The number of anilines is 2. The zero-order valence-corrected chi connectivity index (χ0v) is 18.3. The van der Waals surface area contributed by atoms with Gasteiger partial charge in [-0.05, 0) is 23.1 Å². The summed E-state index contributed by atoms with van der Waals surface area (Å²) in [6.45, 7) is 6.48. The number of hydrogen-bond acceptors (Lipinski definition) is 5. The smallest absolute Gasteiger partial charge is 0.209 e. The van der Waals surface area contributed by atoms with Gasteiger partial charge in [-0.3, -0.25) is 0 Å². The second-order valence-electron chi connectivity index (χ2n) is 8.37. The monoisotopic (exact) mass is 433 g/mol. The molecule has 158 valence electrons. The molecule has 2 heterocycles. The Kier molecular flexibility index (Phi) is 5.15. The zero-order chi connectivity index (χ0) is 22.2. The van der Waals surface area contributed by atoms with Crippen LogP contribution in [0, 0.1) is 5.21 Å². The Morgan fingerprint density at radius 3 is 2.13 bits per heavy atom. The molecule has 2 aromatic heterocycles. The summed E-state index contributed by atoms with van der Waals surface area (Å²) in [4.78, 5) is 4.57. The molecule has 0 fully saturated rings. The quantitative estimate of drug-likeness (QED) is 0.371. The lowest BCUT2D eigenvalue weighted by Crippen LogP contribution is -2.24. The Morgan fingerprint density at radius 2 is 1.52 bits per heavy atom. The molecular formula is C24H23N3O3S. The number of fused-ring (bicyclic) bond motifs is 1. The molecule has 7 heteroatoms. The number of aromatic nitrogens is 2. The number of hydrogen-bond donors (Lipinski definition) is 1. The lowest BCUT2D eigenvalue weighted by Gasteiger charge is -2.19. The van der Waals surface area contributed by atoms with Crippen molar-refractivity contribution in [1.82, 2.24) is 4.98 Å². The summed E-state index contributed by atoms with van der Waals surface area (Å²) in [6, 6.07) is 17.9. The van der Waals surface area contributed by atoms with E-state index in [0.29, 0.717) is 21.3 Å². The van der Waals surface area contributed by atoms with Crippen LogP contribution in [0.3, 0.4) is 0 Å². The van der Waals surface area contributed by atoms with Crippen LogP contribution in [0.5, 0.6) is 0 Å². The Morgan fingerprint density at radius 1 is 0.903 bits per heavy atom. The first-order chi connectivity index (χ1) is 14.7. The maximum absolute atomic E-state index is 13.2. The summed E-state index contributed by atoms with van der Waals surface area (Å²) >= 11 is 0. The largest absolute Gasteiger partial charge is 0.619 e. The van der Waals surface area contributed by atoms with Crippen LogP contribution in [0.15, 0.2) is 89.0 Å². The van der Waals surface area contributed by atoms with Gasteiger partial charge in [0.15, 0.2) is 12.4 Å². The SMILES string of the molecule is CC(C)(C)c1ccc(Nc2ncc(S(=O)(=O)c3cc[n+]([O-])cc3)c3ccccc23)cc1. The molecule has 0 saturated carbocycles. The average Bonchev–Trinajstić information content (AvgIpc) is 2.74. The molecule has 0 amide bonds. The normalized spacial score (nSPS) is 12.1. The molecule has 0 saturated heterocycles. The van der Waals surface area contributed by atoms with E-state index in [0.717, 1.165) is 5.69 Å². The van der Waals surface area contributed by atoms with Crippen molar-refractivity contribution >= 4 is 32.1 Å². The van der Waals surface area contributed by atoms with Crippen molar-refractivity contribution in [2.75, 3.05) is 5.32 Å². The lowest BCUT2D eigenvalue weighted by molar-refractivity contribution is -0.605. The molecule has 6 nitrogen and oxygen atoms in total. The first-order valence-corrected chi connectivity index (χ1v) is 11.3. The second-order valence-corrected chi connectivity index (χ2v) is 10.3.